The van der Waals surface area contributed by atoms with Crippen molar-refractivity contribution in [1.29, 1.82) is 0 Å². The lowest BCUT2D eigenvalue weighted by Crippen LogP contribution is -2.33. The molecule has 1 fully saturated rings. The summed E-state index contributed by atoms with van der Waals surface area (Å²) in [4.78, 5) is 25.4. The summed E-state index contributed by atoms with van der Waals surface area (Å²) < 4.78 is 12.3. The lowest BCUT2D eigenvalue weighted by Gasteiger charge is -2.15. The maximum atomic E-state index is 11.8. The zero-order valence-electron chi connectivity index (χ0n) is 10.5. The molecule has 0 aromatic carbocycles. The van der Waals surface area contributed by atoms with Gasteiger partial charge in [0.15, 0.2) is 0 Å². The van der Waals surface area contributed by atoms with E-state index in [9.17, 15) is 9.59 Å². The Bertz CT molecular complexity index is 580. The normalized spacial score (nSPS) is 26.3. The van der Waals surface area contributed by atoms with Gasteiger partial charge in [0.05, 0.1) is 6.26 Å². The zero-order valence-corrected chi connectivity index (χ0v) is 12.1. The predicted molar refractivity (Wildman–Crippen MR) is 73.5 cm³/mol. The summed E-state index contributed by atoms with van der Waals surface area (Å²) in [6.45, 7) is 5.49. The lowest BCUT2D eigenvalue weighted by molar-refractivity contribution is -0.0261. The molecule has 104 valence electrons. The summed E-state index contributed by atoms with van der Waals surface area (Å²) in [5.74, 6) is 0. The largest absolute Gasteiger partial charge is 0.499 e. The third-order valence-electron chi connectivity index (χ3n) is 3.00. The minimum atomic E-state index is -0.467. The fourth-order valence-corrected chi connectivity index (χ4v) is 2.57. The molecule has 0 spiro atoms. The van der Waals surface area contributed by atoms with E-state index in [1.54, 1.807) is 6.92 Å². The molecule has 6 nitrogen and oxygen atoms in total. The summed E-state index contributed by atoms with van der Waals surface area (Å²) in [7, 11) is 0. The fourth-order valence-electron chi connectivity index (χ4n) is 1.97. The first kappa shape index (κ1) is 14.1. The molecule has 19 heavy (non-hydrogen) atoms. The Labute approximate surface area is 118 Å². The van der Waals surface area contributed by atoms with Crippen molar-refractivity contribution in [2.45, 2.75) is 30.5 Å². The van der Waals surface area contributed by atoms with E-state index >= 15 is 0 Å². The molecule has 1 aliphatic heterocycles. The van der Waals surface area contributed by atoms with E-state index in [-0.39, 0.29) is 16.5 Å². The summed E-state index contributed by atoms with van der Waals surface area (Å²) >= 11 is 3.50. The Morgan fingerprint density at radius 2 is 2.42 bits per heavy atom. The van der Waals surface area contributed by atoms with E-state index in [4.69, 9.17) is 9.47 Å². The average Bonchev–Trinajstić information content (AvgIpc) is 2.72. The number of aromatic nitrogens is 2. The highest BCUT2D eigenvalue weighted by Crippen LogP contribution is 2.32. The standard InChI is InChI=1S/C12H15BrN2O4/c1-3-18-6-9-8(13)4-10(19-9)15-5-7(2)11(16)14-12(15)17/h3,5,8-10H,1,4,6H2,2H3,(H,14,16,17)/t8-,9+,10+/m0/s1. The number of alkyl halides is 1. The first-order valence-electron chi connectivity index (χ1n) is 5.87. The topological polar surface area (TPSA) is 73.3 Å². The van der Waals surface area contributed by atoms with Crippen LogP contribution in [0.1, 0.15) is 18.2 Å². The smallest absolute Gasteiger partial charge is 0.330 e. The van der Waals surface area contributed by atoms with E-state index in [1.807, 2.05) is 0 Å². The van der Waals surface area contributed by atoms with Crippen LogP contribution in [0.3, 0.4) is 0 Å². The van der Waals surface area contributed by atoms with Crippen LogP contribution in [0, 0.1) is 6.92 Å². The number of H-pyrrole nitrogens is 1. The number of hydrogen-bond donors (Lipinski definition) is 1. The number of nitrogens with zero attached hydrogens (tertiary/aromatic N) is 1. The third-order valence-corrected chi connectivity index (χ3v) is 3.96. The Morgan fingerprint density at radius 3 is 3.11 bits per heavy atom. The number of halogens is 1. The second-order valence-corrected chi connectivity index (χ2v) is 5.54. The molecule has 1 saturated heterocycles. The Kier molecular flexibility index (Phi) is 4.26. The molecule has 0 bridgehead atoms. The molecule has 2 heterocycles. The van der Waals surface area contributed by atoms with Gasteiger partial charge in [-0.15, -0.1) is 0 Å². The summed E-state index contributed by atoms with van der Waals surface area (Å²) in [5, 5.41) is 0. The van der Waals surface area contributed by atoms with Gasteiger partial charge in [-0.05, 0) is 6.92 Å². The van der Waals surface area contributed by atoms with Crippen LogP contribution in [0.4, 0.5) is 0 Å². The maximum absolute atomic E-state index is 11.8. The number of aromatic amines is 1. The van der Waals surface area contributed by atoms with Crippen LogP contribution >= 0.6 is 15.9 Å². The van der Waals surface area contributed by atoms with Crippen molar-refractivity contribution in [3.63, 3.8) is 0 Å². The van der Waals surface area contributed by atoms with Crippen LogP contribution in [-0.2, 0) is 9.47 Å². The van der Waals surface area contributed by atoms with Crippen molar-refractivity contribution in [2.24, 2.45) is 0 Å². The highest BCUT2D eigenvalue weighted by molar-refractivity contribution is 9.09. The number of aryl methyl sites for hydroxylation is 1. The molecule has 0 radical (unpaired) electrons. The van der Waals surface area contributed by atoms with Gasteiger partial charge in [0.1, 0.15) is 18.9 Å². The quantitative estimate of drug-likeness (QED) is 0.661. The van der Waals surface area contributed by atoms with Crippen molar-refractivity contribution < 1.29 is 9.47 Å². The predicted octanol–water partition coefficient (Wildman–Crippen LogP) is 1.06. The van der Waals surface area contributed by atoms with Crippen molar-refractivity contribution in [2.75, 3.05) is 6.61 Å². The molecule has 1 aliphatic rings. The van der Waals surface area contributed by atoms with E-state index in [0.717, 1.165) is 0 Å². The van der Waals surface area contributed by atoms with Crippen LogP contribution < -0.4 is 11.2 Å². The molecule has 1 aromatic heterocycles. The number of nitrogens with one attached hydrogen (secondary N) is 1. The Morgan fingerprint density at radius 1 is 1.68 bits per heavy atom. The summed E-state index contributed by atoms with van der Waals surface area (Å²) in [5.41, 5.74) is -0.369. The van der Waals surface area contributed by atoms with Crippen LogP contribution in [0.2, 0.25) is 0 Å². The summed E-state index contributed by atoms with van der Waals surface area (Å²) in [6, 6.07) is 0. The van der Waals surface area contributed by atoms with Crippen molar-refractivity contribution >= 4 is 15.9 Å². The second-order valence-electron chi connectivity index (χ2n) is 4.36. The van der Waals surface area contributed by atoms with Crippen molar-refractivity contribution in [1.82, 2.24) is 9.55 Å². The third kappa shape index (κ3) is 2.98. The van der Waals surface area contributed by atoms with Gasteiger partial charge in [-0.2, -0.15) is 0 Å². The van der Waals surface area contributed by atoms with Gasteiger partial charge in [0.25, 0.3) is 5.56 Å². The molecular formula is C12H15BrN2O4. The Hall–Kier alpha value is -1.34. The van der Waals surface area contributed by atoms with Crippen molar-refractivity contribution in [3.8, 4) is 0 Å². The SMILES string of the molecule is C=COC[C@H]1O[C@@H](n2cc(C)c(=O)[nH]c2=O)C[C@@H]1Br. The average molecular weight is 331 g/mol. The minimum absolute atomic E-state index is 0.0802. The minimum Gasteiger partial charge on any atom is -0.499 e. The maximum Gasteiger partial charge on any atom is 0.330 e. The molecule has 1 aromatic rings. The van der Waals surface area contributed by atoms with E-state index in [0.29, 0.717) is 18.6 Å². The van der Waals surface area contributed by atoms with Crippen LogP contribution in [-0.4, -0.2) is 27.1 Å². The highest BCUT2D eigenvalue weighted by Gasteiger charge is 2.35. The van der Waals surface area contributed by atoms with E-state index in [1.165, 1.54) is 17.0 Å². The molecule has 0 aliphatic carbocycles. The van der Waals surface area contributed by atoms with Gasteiger partial charge in [-0.3, -0.25) is 14.3 Å². The van der Waals surface area contributed by atoms with Gasteiger partial charge >= 0.3 is 5.69 Å². The molecule has 0 saturated carbocycles. The van der Waals surface area contributed by atoms with Gasteiger partial charge in [-0.1, -0.05) is 22.5 Å². The summed E-state index contributed by atoms with van der Waals surface area (Å²) in [6.07, 6.45) is 2.92. The Balaban J connectivity index is 2.20. The fraction of sp³-hybridized carbons (Fsp3) is 0.500. The van der Waals surface area contributed by atoms with Gasteiger partial charge in [0.2, 0.25) is 0 Å². The number of hydrogen-bond acceptors (Lipinski definition) is 4. The van der Waals surface area contributed by atoms with Crippen LogP contribution in [0.5, 0.6) is 0 Å². The second kappa shape index (κ2) is 5.75. The van der Waals surface area contributed by atoms with Crippen molar-refractivity contribution in [3.05, 3.63) is 45.4 Å². The molecule has 0 amide bonds. The van der Waals surface area contributed by atoms with Crippen LogP contribution in [0.15, 0.2) is 28.6 Å². The van der Waals surface area contributed by atoms with Gasteiger partial charge in [-0.25, -0.2) is 4.79 Å². The molecule has 7 heteroatoms. The first-order chi connectivity index (χ1) is 9.02. The van der Waals surface area contributed by atoms with Gasteiger partial charge < -0.3 is 9.47 Å². The lowest BCUT2D eigenvalue weighted by atomic mass is 10.2. The van der Waals surface area contributed by atoms with E-state index in [2.05, 4.69) is 27.5 Å². The zero-order chi connectivity index (χ0) is 14.0. The monoisotopic (exact) mass is 330 g/mol. The number of ether oxygens (including phenoxy) is 2. The number of rotatable bonds is 4. The molecule has 0 unspecified atom stereocenters. The van der Waals surface area contributed by atoms with E-state index < -0.39 is 11.9 Å². The molecule has 1 N–H and O–H groups in total. The van der Waals surface area contributed by atoms with Gasteiger partial charge in [0, 0.05) is 23.0 Å². The molecule has 3 atom stereocenters. The van der Waals surface area contributed by atoms with Crippen LogP contribution in [0.25, 0.3) is 0 Å². The molecule has 2 rings (SSSR count). The highest BCUT2D eigenvalue weighted by atomic mass is 79.9. The molecular weight excluding hydrogens is 316 g/mol. The first-order valence-corrected chi connectivity index (χ1v) is 6.78.